The van der Waals surface area contributed by atoms with Crippen molar-refractivity contribution in [2.75, 3.05) is 13.7 Å². The summed E-state index contributed by atoms with van der Waals surface area (Å²) in [6.45, 7) is 0.758. The molecular formula is C22H25N2O4+. The van der Waals surface area contributed by atoms with Crippen molar-refractivity contribution >= 4 is 23.1 Å². The lowest BCUT2D eigenvalue weighted by Gasteiger charge is -2.37. The molecule has 146 valence electrons. The third kappa shape index (κ3) is 3.98. The Hall–Kier alpha value is -2.96. The second kappa shape index (κ2) is 8.82. The van der Waals surface area contributed by atoms with E-state index in [1.165, 1.54) is 0 Å². The summed E-state index contributed by atoms with van der Waals surface area (Å²) in [5.41, 5.74) is 4.37. The molecule has 1 atom stereocenters. The van der Waals surface area contributed by atoms with Gasteiger partial charge in [0.1, 0.15) is 17.6 Å². The maximum absolute atomic E-state index is 12.4. The highest BCUT2D eigenvalue weighted by atomic mass is 16.5. The summed E-state index contributed by atoms with van der Waals surface area (Å²) >= 11 is 0. The number of para-hydroxylation sites is 1. The van der Waals surface area contributed by atoms with Gasteiger partial charge in [-0.15, -0.1) is 0 Å². The Bertz CT molecular complexity index is 876. The van der Waals surface area contributed by atoms with Crippen LogP contribution in [0.15, 0.2) is 60.8 Å². The molecule has 0 aromatic heterocycles. The number of carbonyl (C=O) groups is 2. The molecule has 2 aromatic rings. The van der Waals surface area contributed by atoms with Gasteiger partial charge in [0.05, 0.1) is 19.2 Å². The Morgan fingerprint density at radius 3 is 2.54 bits per heavy atom. The van der Waals surface area contributed by atoms with E-state index in [1.54, 1.807) is 18.7 Å². The fourth-order valence-electron chi connectivity index (χ4n) is 3.67. The van der Waals surface area contributed by atoms with Crippen LogP contribution in [0.5, 0.6) is 5.75 Å². The van der Waals surface area contributed by atoms with Crippen molar-refractivity contribution in [3.8, 4) is 5.75 Å². The Kier molecular flexibility index (Phi) is 6.23. The quantitative estimate of drug-likeness (QED) is 0.312. The van der Waals surface area contributed by atoms with Gasteiger partial charge in [0.25, 0.3) is 0 Å². The fourth-order valence-corrected chi connectivity index (χ4v) is 3.67. The molecule has 0 spiro atoms. The zero-order chi connectivity index (χ0) is 20.0. The second-order valence-electron chi connectivity index (χ2n) is 6.83. The van der Waals surface area contributed by atoms with Gasteiger partial charge < -0.3 is 4.74 Å². The number of ketones is 1. The van der Waals surface area contributed by atoms with Crippen LogP contribution in [0.1, 0.15) is 36.0 Å². The van der Waals surface area contributed by atoms with Gasteiger partial charge in [-0.3, -0.25) is 14.8 Å². The van der Waals surface area contributed by atoms with Crippen molar-refractivity contribution in [1.82, 2.24) is 9.96 Å². The van der Waals surface area contributed by atoms with E-state index < -0.39 is 0 Å². The monoisotopic (exact) mass is 381 g/mol. The molecule has 1 aliphatic heterocycles. The maximum Gasteiger partial charge on any atom is 0.243 e. The minimum absolute atomic E-state index is 0.0116. The normalized spacial score (nSPS) is 17.9. The molecule has 0 saturated heterocycles. The lowest BCUT2D eigenvalue weighted by Crippen LogP contribution is -2.42. The maximum atomic E-state index is 12.4. The molecule has 3 rings (SSSR count). The smallest absolute Gasteiger partial charge is 0.243 e. The number of fused-ring (bicyclic) bond motifs is 1. The number of methoxy groups -OCH3 is 1. The number of unbranched alkanes of at least 4 members (excludes halogenated alkanes) is 2. The van der Waals surface area contributed by atoms with E-state index >= 15 is 0 Å². The van der Waals surface area contributed by atoms with Gasteiger partial charge in [-0.05, 0) is 37.5 Å². The van der Waals surface area contributed by atoms with E-state index in [-0.39, 0.29) is 11.7 Å². The minimum Gasteiger partial charge on any atom is -0.497 e. The molecule has 2 aromatic carbocycles. The summed E-state index contributed by atoms with van der Waals surface area (Å²) in [5, 5.41) is 8.61. The Morgan fingerprint density at radius 1 is 1.07 bits per heavy atom. The number of hydrogen-bond acceptors (Lipinski definition) is 4. The minimum atomic E-state index is -0.368. The number of carbonyl (C=O) groups excluding carboxylic acids is 2. The summed E-state index contributed by atoms with van der Waals surface area (Å²) in [5.74, 6) is 0.424. The third-order valence-corrected chi connectivity index (χ3v) is 5.15. The van der Waals surface area contributed by atoms with Crippen molar-refractivity contribution in [3.05, 3.63) is 66.4 Å². The van der Waals surface area contributed by atoms with E-state index in [4.69, 9.17) is 9.94 Å². The average molecular weight is 381 g/mol. The van der Waals surface area contributed by atoms with Crippen LogP contribution in [0.4, 0.5) is 11.4 Å². The highest BCUT2D eigenvalue weighted by molar-refractivity contribution is 6.10. The van der Waals surface area contributed by atoms with Crippen LogP contribution >= 0.6 is 0 Å². The van der Waals surface area contributed by atoms with Crippen LogP contribution in [0.2, 0.25) is 0 Å². The number of hydrogen-bond donors (Lipinski definition) is 2. The zero-order valence-corrected chi connectivity index (χ0v) is 15.9. The molecular weight excluding hydrogens is 356 g/mol. The van der Waals surface area contributed by atoms with Crippen LogP contribution in [0, 0.1) is 0 Å². The molecule has 0 radical (unpaired) electrons. The van der Waals surface area contributed by atoms with Gasteiger partial charge in [0.15, 0.2) is 11.5 Å². The molecule has 0 fully saturated rings. The predicted octanol–water partition coefficient (Wildman–Crippen LogP) is 4.11. The summed E-state index contributed by atoms with van der Waals surface area (Å²) < 4.78 is 5.73. The highest BCUT2D eigenvalue weighted by Gasteiger charge is 2.37. The molecule has 2 N–H and O–H groups in total. The Labute approximate surface area is 164 Å². The lowest BCUT2D eigenvalue weighted by molar-refractivity contribution is -0.129. The standard InChI is InChI=1S/C22H24N2O4/c1-28-18-12-10-17(11-13-18)24(15-6-2-3-9-22(26)23-27)16-14-21(25)19-7-4-5-8-20(19)24/h4-5,7-8,10-14,16H,2-3,6,9,15H2,1H3,(H-,23,26,27)/p+1. The Morgan fingerprint density at radius 2 is 1.82 bits per heavy atom. The van der Waals surface area contributed by atoms with Crippen LogP contribution < -0.4 is 14.7 Å². The predicted molar refractivity (Wildman–Crippen MR) is 108 cm³/mol. The van der Waals surface area contributed by atoms with E-state index in [2.05, 4.69) is 0 Å². The number of benzene rings is 2. The van der Waals surface area contributed by atoms with Gasteiger partial charge in [-0.25, -0.2) is 9.96 Å². The fraction of sp³-hybridized carbons (Fsp3) is 0.273. The average Bonchev–Trinajstić information content (AvgIpc) is 2.75. The van der Waals surface area contributed by atoms with Gasteiger partial charge in [0.2, 0.25) is 5.91 Å². The number of allylic oxidation sites excluding steroid dienone is 1. The van der Waals surface area contributed by atoms with Crippen molar-refractivity contribution in [2.45, 2.75) is 25.7 Å². The number of ether oxygens (including phenoxy) is 1. The second-order valence-corrected chi connectivity index (χ2v) is 6.83. The Balaban J connectivity index is 1.90. The molecule has 1 heterocycles. The third-order valence-electron chi connectivity index (χ3n) is 5.15. The summed E-state index contributed by atoms with van der Waals surface area (Å²) in [7, 11) is 1.64. The molecule has 0 bridgehead atoms. The van der Waals surface area contributed by atoms with E-state index in [9.17, 15) is 9.59 Å². The number of nitrogens with zero attached hydrogens (tertiary/aromatic N) is 1. The van der Waals surface area contributed by atoms with Crippen LogP contribution in [0.3, 0.4) is 0 Å². The first-order valence-electron chi connectivity index (χ1n) is 9.39. The van der Waals surface area contributed by atoms with Crippen molar-refractivity contribution in [3.63, 3.8) is 0 Å². The molecule has 1 aliphatic rings. The zero-order valence-electron chi connectivity index (χ0n) is 15.9. The van der Waals surface area contributed by atoms with Gasteiger partial charge in [-0.2, -0.15) is 0 Å². The van der Waals surface area contributed by atoms with Crippen LogP contribution in [0.25, 0.3) is 0 Å². The highest BCUT2D eigenvalue weighted by Crippen LogP contribution is 2.41. The molecule has 1 amide bonds. The molecule has 1 unspecified atom stereocenters. The number of amides is 1. The van der Waals surface area contributed by atoms with E-state index in [0.29, 0.717) is 22.9 Å². The topological polar surface area (TPSA) is 75.6 Å². The number of rotatable bonds is 8. The first kappa shape index (κ1) is 19.8. The largest absolute Gasteiger partial charge is 0.497 e. The summed E-state index contributed by atoms with van der Waals surface area (Å²) in [6.07, 6.45) is 6.28. The van der Waals surface area contributed by atoms with Gasteiger partial charge in [-0.1, -0.05) is 12.1 Å². The summed E-state index contributed by atoms with van der Waals surface area (Å²) in [6, 6.07) is 15.6. The molecule has 0 saturated carbocycles. The lowest BCUT2D eigenvalue weighted by atomic mass is 9.99. The van der Waals surface area contributed by atoms with Crippen molar-refractivity contribution in [1.29, 1.82) is 0 Å². The van der Waals surface area contributed by atoms with E-state index in [1.807, 2.05) is 54.7 Å². The number of quaternary nitrogens is 1. The molecule has 6 heteroatoms. The first-order chi connectivity index (χ1) is 13.6. The molecule has 6 nitrogen and oxygen atoms in total. The van der Waals surface area contributed by atoms with E-state index in [0.717, 1.165) is 36.5 Å². The van der Waals surface area contributed by atoms with Crippen molar-refractivity contribution in [2.24, 2.45) is 0 Å². The number of hydroxylamine groups is 1. The molecule has 0 aliphatic carbocycles. The first-order valence-corrected chi connectivity index (χ1v) is 9.39. The van der Waals surface area contributed by atoms with Crippen molar-refractivity contribution < 1.29 is 19.5 Å². The van der Waals surface area contributed by atoms with Gasteiger partial charge in [0, 0.05) is 30.7 Å². The SMILES string of the molecule is COc1ccc([N+]2(CCCCCC(=O)NO)C=CC(=O)c3ccccc32)cc1. The summed E-state index contributed by atoms with van der Waals surface area (Å²) in [4.78, 5) is 23.6. The van der Waals surface area contributed by atoms with Crippen LogP contribution in [-0.4, -0.2) is 30.6 Å². The number of nitrogens with one attached hydrogen (secondary N) is 1. The van der Waals surface area contributed by atoms with Gasteiger partial charge >= 0.3 is 0 Å². The molecule has 28 heavy (non-hydrogen) atoms. The van der Waals surface area contributed by atoms with Crippen LogP contribution in [-0.2, 0) is 4.79 Å².